The molecule has 0 amide bonds. The minimum absolute atomic E-state index is 0.331. The van der Waals surface area contributed by atoms with E-state index in [4.69, 9.17) is 15.6 Å². The summed E-state index contributed by atoms with van der Waals surface area (Å²) in [5.41, 5.74) is 7.74. The molecule has 1 unspecified atom stereocenters. The number of aliphatic carboxylic acids is 1. The lowest BCUT2D eigenvalue weighted by Gasteiger charge is -2.18. The first-order valence-electron chi connectivity index (χ1n) is 6.87. The number of carboxylic acids is 1. The Labute approximate surface area is 127 Å². The molecule has 110 valence electrons. The predicted molar refractivity (Wildman–Crippen MR) is 81.2 cm³/mol. The molecule has 1 aliphatic rings. The van der Waals surface area contributed by atoms with Crippen molar-refractivity contribution in [2.24, 2.45) is 5.73 Å². The number of benzene rings is 1. The summed E-state index contributed by atoms with van der Waals surface area (Å²) in [5.74, 6) is 0.395. The van der Waals surface area contributed by atoms with E-state index in [1.54, 1.807) is 7.11 Å². The molecule has 4 nitrogen and oxygen atoms in total. The summed E-state index contributed by atoms with van der Waals surface area (Å²) < 4.78 is 6.37. The minimum atomic E-state index is -0.973. The van der Waals surface area contributed by atoms with E-state index in [2.05, 4.69) is 22.0 Å². The molecule has 1 saturated carbocycles. The molecule has 0 bridgehead atoms. The van der Waals surface area contributed by atoms with Crippen molar-refractivity contribution in [3.05, 3.63) is 27.7 Å². The summed E-state index contributed by atoms with van der Waals surface area (Å²) >= 11 is 3.52. The number of hydrogen-bond donors (Lipinski definition) is 2. The van der Waals surface area contributed by atoms with Gasteiger partial charge in [-0.15, -0.1) is 0 Å². The summed E-state index contributed by atoms with van der Waals surface area (Å²) in [7, 11) is 1.67. The molecule has 0 saturated heterocycles. The first-order valence-corrected chi connectivity index (χ1v) is 7.67. The van der Waals surface area contributed by atoms with Crippen molar-refractivity contribution in [1.29, 1.82) is 0 Å². The maximum atomic E-state index is 10.9. The van der Waals surface area contributed by atoms with E-state index in [1.165, 1.54) is 18.4 Å². The van der Waals surface area contributed by atoms with Crippen molar-refractivity contribution >= 4 is 21.9 Å². The highest BCUT2D eigenvalue weighted by molar-refractivity contribution is 9.10. The molecule has 0 radical (unpaired) electrons. The normalized spacial score (nSPS) is 17.1. The number of hydrogen-bond acceptors (Lipinski definition) is 3. The molecule has 1 aromatic carbocycles. The van der Waals surface area contributed by atoms with Crippen LogP contribution in [0.2, 0.25) is 0 Å². The Kier molecular flexibility index (Phi) is 5.05. The van der Waals surface area contributed by atoms with Gasteiger partial charge in [0.25, 0.3) is 0 Å². The second-order valence-corrected chi connectivity index (χ2v) is 6.18. The van der Waals surface area contributed by atoms with Gasteiger partial charge in [0.1, 0.15) is 11.8 Å². The van der Waals surface area contributed by atoms with Crippen LogP contribution in [-0.4, -0.2) is 24.2 Å². The van der Waals surface area contributed by atoms with Crippen LogP contribution in [0.3, 0.4) is 0 Å². The molecule has 0 spiro atoms. The van der Waals surface area contributed by atoms with Crippen LogP contribution in [0, 0.1) is 0 Å². The average molecular weight is 342 g/mol. The van der Waals surface area contributed by atoms with E-state index in [1.807, 2.05) is 6.07 Å². The van der Waals surface area contributed by atoms with Crippen molar-refractivity contribution in [1.82, 2.24) is 0 Å². The van der Waals surface area contributed by atoms with Crippen LogP contribution in [0.15, 0.2) is 16.6 Å². The molecular formula is C15H20BrNO3. The SMILES string of the molecule is COc1c(Br)cc(CC(N)C(=O)O)cc1C1CCCC1. The van der Waals surface area contributed by atoms with E-state index >= 15 is 0 Å². The Morgan fingerprint density at radius 1 is 1.50 bits per heavy atom. The quantitative estimate of drug-likeness (QED) is 0.863. The molecule has 0 aliphatic heterocycles. The molecule has 5 heteroatoms. The minimum Gasteiger partial charge on any atom is -0.495 e. The summed E-state index contributed by atoms with van der Waals surface area (Å²) in [6.07, 6.45) is 5.14. The zero-order valence-corrected chi connectivity index (χ0v) is 13.1. The number of rotatable bonds is 5. The highest BCUT2D eigenvalue weighted by Gasteiger charge is 2.23. The van der Waals surface area contributed by atoms with Gasteiger partial charge in [0.2, 0.25) is 0 Å². The first kappa shape index (κ1) is 15.3. The lowest BCUT2D eigenvalue weighted by molar-refractivity contribution is -0.138. The summed E-state index contributed by atoms with van der Waals surface area (Å²) in [6.45, 7) is 0. The molecule has 1 fully saturated rings. The number of carbonyl (C=O) groups is 1. The molecule has 0 heterocycles. The molecule has 1 aliphatic carbocycles. The fourth-order valence-electron chi connectivity index (χ4n) is 2.89. The van der Waals surface area contributed by atoms with Crippen LogP contribution < -0.4 is 10.5 Å². The van der Waals surface area contributed by atoms with Crippen LogP contribution in [0.1, 0.15) is 42.7 Å². The smallest absolute Gasteiger partial charge is 0.320 e. The van der Waals surface area contributed by atoms with Gasteiger partial charge in [-0.05, 0) is 58.3 Å². The molecule has 2 rings (SSSR count). The maximum Gasteiger partial charge on any atom is 0.320 e. The zero-order valence-electron chi connectivity index (χ0n) is 11.6. The first-order chi connectivity index (χ1) is 9.52. The van der Waals surface area contributed by atoms with Crippen molar-refractivity contribution in [3.63, 3.8) is 0 Å². The average Bonchev–Trinajstić information content (AvgIpc) is 2.91. The Balaban J connectivity index is 2.32. The molecule has 0 aromatic heterocycles. The molecular weight excluding hydrogens is 322 g/mol. The largest absolute Gasteiger partial charge is 0.495 e. The Morgan fingerprint density at radius 2 is 2.15 bits per heavy atom. The third-order valence-electron chi connectivity index (χ3n) is 3.90. The molecule has 1 atom stereocenters. The predicted octanol–water partition coefficient (Wildman–Crippen LogP) is 3.07. The number of nitrogens with two attached hydrogens (primary N) is 1. The van der Waals surface area contributed by atoms with Crippen LogP contribution >= 0.6 is 15.9 Å². The van der Waals surface area contributed by atoms with Crippen molar-refractivity contribution < 1.29 is 14.6 Å². The van der Waals surface area contributed by atoms with Crippen molar-refractivity contribution in [3.8, 4) is 5.75 Å². The summed E-state index contributed by atoms with van der Waals surface area (Å²) in [6, 6.07) is 3.09. The van der Waals surface area contributed by atoms with E-state index in [-0.39, 0.29) is 0 Å². The number of methoxy groups -OCH3 is 1. The number of halogens is 1. The summed E-state index contributed by atoms with van der Waals surface area (Å²) in [5, 5.41) is 8.93. The van der Waals surface area contributed by atoms with Gasteiger partial charge in [-0.25, -0.2) is 0 Å². The lowest BCUT2D eigenvalue weighted by Crippen LogP contribution is -2.32. The van der Waals surface area contributed by atoms with Crippen molar-refractivity contribution in [2.75, 3.05) is 7.11 Å². The van der Waals surface area contributed by atoms with Gasteiger partial charge in [0, 0.05) is 0 Å². The monoisotopic (exact) mass is 341 g/mol. The van der Waals surface area contributed by atoms with Gasteiger partial charge in [0.15, 0.2) is 0 Å². The van der Waals surface area contributed by atoms with Gasteiger partial charge < -0.3 is 15.6 Å². The van der Waals surface area contributed by atoms with Crippen LogP contribution in [0.5, 0.6) is 5.75 Å². The van der Waals surface area contributed by atoms with E-state index < -0.39 is 12.0 Å². The molecule has 1 aromatic rings. The Morgan fingerprint density at radius 3 is 2.70 bits per heavy atom. The fourth-order valence-corrected chi connectivity index (χ4v) is 3.57. The van der Waals surface area contributed by atoms with Crippen LogP contribution in [-0.2, 0) is 11.2 Å². The second-order valence-electron chi connectivity index (χ2n) is 5.33. The standard InChI is InChI=1S/C15H20BrNO3/c1-20-14-11(10-4-2-3-5-10)6-9(7-12(14)16)8-13(17)15(18)19/h6-7,10,13H,2-5,8,17H2,1H3,(H,18,19). The highest BCUT2D eigenvalue weighted by atomic mass is 79.9. The number of carboxylic acid groups (broad SMARTS) is 1. The second kappa shape index (κ2) is 6.59. The third-order valence-corrected chi connectivity index (χ3v) is 4.49. The third kappa shape index (κ3) is 3.33. The molecule has 3 N–H and O–H groups in total. The maximum absolute atomic E-state index is 10.9. The summed E-state index contributed by atoms with van der Waals surface area (Å²) in [4.78, 5) is 10.9. The Bertz CT molecular complexity index is 498. The van der Waals surface area contributed by atoms with Crippen LogP contribution in [0.4, 0.5) is 0 Å². The van der Waals surface area contributed by atoms with Gasteiger partial charge in [-0.3, -0.25) is 4.79 Å². The topological polar surface area (TPSA) is 72.5 Å². The highest BCUT2D eigenvalue weighted by Crippen LogP contribution is 2.42. The van der Waals surface area contributed by atoms with Gasteiger partial charge in [-0.1, -0.05) is 18.9 Å². The van der Waals surface area contributed by atoms with E-state index in [9.17, 15) is 4.79 Å². The lowest BCUT2D eigenvalue weighted by atomic mass is 9.93. The van der Waals surface area contributed by atoms with Crippen molar-refractivity contribution in [2.45, 2.75) is 44.1 Å². The number of ether oxygens (including phenoxy) is 1. The van der Waals surface area contributed by atoms with E-state index in [0.717, 1.165) is 28.6 Å². The van der Waals surface area contributed by atoms with Crippen LogP contribution in [0.25, 0.3) is 0 Å². The van der Waals surface area contributed by atoms with E-state index in [0.29, 0.717) is 12.3 Å². The molecule has 20 heavy (non-hydrogen) atoms. The van der Waals surface area contributed by atoms with Gasteiger partial charge in [0.05, 0.1) is 11.6 Å². The van der Waals surface area contributed by atoms with Gasteiger partial charge in [-0.2, -0.15) is 0 Å². The zero-order chi connectivity index (χ0) is 14.7. The Hall–Kier alpha value is -1.07. The van der Waals surface area contributed by atoms with Gasteiger partial charge >= 0.3 is 5.97 Å². The fraction of sp³-hybridized carbons (Fsp3) is 0.533.